The molecule has 120 valence electrons. The van der Waals surface area contributed by atoms with E-state index in [0.29, 0.717) is 18.2 Å². The van der Waals surface area contributed by atoms with Crippen molar-refractivity contribution in [2.45, 2.75) is 38.3 Å². The van der Waals surface area contributed by atoms with Crippen molar-refractivity contribution >= 4 is 17.6 Å². The molecule has 1 aliphatic rings. The normalized spacial score (nSPS) is 15.8. The van der Waals surface area contributed by atoms with Crippen LogP contribution in [0.3, 0.4) is 0 Å². The number of amides is 3. The topological polar surface area (TPSA) is 96.2 Å². The number of nitrogens with one attached hydrogen (secondary N) is 3. The highest BCUT2D eigenvalue weighted by Crippen LogP contribution is 2.32. The van der Waals surface area contributed by atoms with Gasteiger partial charge in [0.2, 0.25) is 5.91 Å². The molecule has 5 N–H and O–H groups in total. The molecule has 0 spiro atoms. The molecule has 1 saturated carbocycles. The third kappa shape index (κ3) is 4.46. The minimum Gasteiger partial charge on any atom is -0.350 e. The van der Waals surface area contributed by atoms with Crippen LogP contribution in [0.5, 0.6) is 0 Å². The van der Waals surface area contributed by atoms with Gasteiger partial charge in [0.1, 0.15) is 5.54 Å². The Bertz CT molecular complexity index is 526. The van der Waals surface area contributed by atoms with Gasteiger partial charge in [-0.25, -0.2) is 4.79 Å². The van der Waals surface area contributed by atoms with Gasteiger partial charge < -0.3 is 21.7 Å². The van der Waals surface area contributed by atoms with Crippen LogP contribution >= 0.6 is 0 Å². The smallest absolute Gasteiger partial charge is 0.320 e. The second kappa shape index (κ2) is 6.79. The lowest BCUT2D eigenvalue weighted by Crippen LogP contribution is -2.58. The molecule has 1 aliphatic carbocycles. The Hall–Kier alpha value is -2.08. The fraction of sp³-hybridized carbons (Fsp3) is 0.500. The van der Waals surface area contributed by atoms with Gasteiger partial charge in [0.15, 0.2) is 0 Å². The van der Waals surface area contributed by atoms with Crippen LogP contribution in [0.2, 0.25) is 0 Å². The van der Waals surface area contributed by atoms with E-state index in [1.54, 1.807) is 26.0 Å². The van der Waals surface area contributed by atoms with Crippen LogP contribution in [-0.4, -0.2) is 30.1 Å². The Labute approximate surface area is 130 Å². The number of benzene rings is 1. The Kier molecular flexibility index (Phi) is 5.03. The zero-order valence-electron chi connectivity index (χ0n) is 13.1. The lowest BCUT2D eigenvalue weighted by Gasteiger charge is -2.28. The first-order valence-corrected chi connectivity index (χ1v) is 7.57. The van der Waals surface area contributed by atoms with E-state index in [0.717, 1.165) is 12.8 Å². The van der Waals surface area contributed by atoms with E-state index >= 15 is 0 Å². The van der Waals surface area contributed by atoms with Crippen LogP contribution in [-0.2, 0) is 4.79 Å². The van der Waals surface area contributed by atoms with E-state index < -0.39 is 11.6 Å². The first-order chi connectivity index (χ1) is 10.4. The third-order valence-corrected chi connectivity index (χ3v) is 3.79. The van der Waals surface area contributed by atoms with E-state index in [1.165, 1.54) is 0 Å². The van der Waals surface area contributed by atoms with Gasteiger partial charge in [-0.2, -0.15) is 0 Å². The Morgan fingerprint density at radius 1 is 1.27 bits per heavy atom. The second-order valence-corrected chi connectivity index (χ2v) is 6.22. The summed E-state index contributed by atoms with van der Waals surface area (Å²) in [4.78, 5) is 24.4. The highest BCUT2D eigenvalue weighted by atomic mass is 16.2. The second-order valence-electron chi connectivity index (χ2n) is 6.22. The summed E-state index contributed by atoms with van der Waals surface area (Å²) in [6, 6.07) is 8.66. The number of carbonyl (C=O) groups is 2. The quantitative estimate of drug-likeness (QED) is 0.640. The zero-order chi connectivity index (χ0) is 16.2. The number of nitrogens with two attached hydrogens (primary N) is 1. The van der Waals surface area contributed by atoms with Crippen LogP contribution in [0.1, 0.15) is 26.7 Å². The summed E-state index contributed by atoms with van der Waals surface area (Å²) in [5, 5.41) is 8.32. The molecule has 1 atom stereocenters. The highest BCUT2D eigenvalue weighted by molar-refractivity contribution is 5.95. The van der Waals surface area contributed by atoms with Crippen LogP contribution < -0.4 is 21.7 Å². The maximum atomic E-state index is 12.3. The molecular weight excluding hydrogens is 280 g/mol. The molecule has 0 bridgehead atoms. The van der Waals surface area contributed by atoms with E-state index in [-0.39, 0.29) is 11.9 Å². The molecule has 3 amide bonds. The standard InChI is InChI=1S/C16H24N4O2/c1-16(2,14(21)19-13(10-17)11-8-9-11)20-15(22)18-12-6-4-3-5-7-12/h3-7,11,13H,8-10,17H2,1-2H3,(H,19,21)(H2,18,20,22). The third-order valence-electron chi connectivity index (χ3n) is 3.79. The van der Waals surface area contributed by atoms with Gasteiger partial charge in [0.05, 0.1) is 0 Å². The minimum absolute atomic E-state index is 0.00856. The van der Waals surface area contributed by atoms with E-state index in [9.17, 15) is 9.59 Å². The molecule has 1 unspecified atom stereocenters. The fourth-order valence-electron chi connectivity index (χ4n) is 2.24. The molecule has 0 radical (unpaired) electrons. The summed E-state index contributed by atoms with van der Waals surface area (Å²) in [5.41, 5.74) is 5.36. The number of rotatable bonds is 6. The molecule has 0 aliphatic heterocycles. The van der Waals surface area contributed by atoms with Gasteiger partial charge in [-0.1, -0.05) is 18.2 Å². The summed E-state index contributed by atoms with van der Waals surface area (Å²) in [5.74, 6) is 0.251. The van der Waals surface area contributed by atoms with Gasteiger partial charge in [0.25, 0.3) is 0 Å². The van der Waals surface area contributed by atoms with Crippen LogP contribution in [0.4, 0.5) is 10.5 Å². The monoisotopic (exact) mass is 304 g/mol. The van der Waals surface area contributed by atoms with E-state index in [2.05, 4.69) is 16.0 Å². The molecule has 6 nitrogen and oxygen atoms in total. The summed E-state index contributed by atoms with van der Waals surface area (Å²) < 4.78 is 0. The van der Waals surface area contributed by atoms with E-state index in [1.807, 2.05) is 18.2 Å². The predicted molar refractivity (Wildman–Crippen MR) is 86.4 cm³/mol. The number of para-hydroxylation sites is 1. The maximum absolute atomic E-state index is 12.3. The molecule has 0 saturated heterocycles. The lowest BCUT2D eigenvalue weighted by molar-refractivity contribution is -0.126. The Morgan fingerprint density at radius 3 is 2.45 bits per heavy atom. The van der Waals surface area contributed by atoms with Gasteiger partial charge in [-0.15, -0.1) is 0 Å². The first-order valence-electron chi connectivity index (χ1n) is 7.57. The zero-order valence-corrected chi connectivity index (χ0v) is 13.1. The molecular formula is C16H24N4O2. The number of carbonyl (C=O) groups excluding carboxylic acids is 2. The van der Waals surface area contributed by atoms with Crippen molar-refractivity contribution < 1.29 is 9.59 Å². The molecule has 1 fully saturated rings. The van der Waals surface area contributed by atoms with Crippen molar-refractivity contribution in [2.24, 2.45) is 11.7 Å². The van der Waals surface area contributed by atoms with Gasteiger partial charge >= 0.3 is 6.03 Å². The summed E-state index contributed by atoms with van der Waals surface area (Å²) in [6.45, 7) is 3.77. The average Bonchev–Trinajstić information content (AvgIpc) is 3.29. The first kappa shape index (κ1) is 16.3. The summed E-state index contributed by atoms with van der Waals surface area (Å²) >= 11 is 0. The number of hydrogen-bond acceptors (Lipinski definition) is 3. The van der Waals surface area contributed by atoms with Crippen LogP contribution in [0.25, 0.3) is 0 Å². The lowest BCUT2D eigenvalue weighted by atomic mass is 10.0. The molecule has 6 heteroatoms. The Balaban J connectivity index is 1.88. The van der Waals surface area contributed by atoms with Crippen molar-refractivity contribution in [1.29, 1.82) is 0 Å². The number of anilines is 1. The molecule has 1 aromatic carbocycles. The maximum Gasteiger partial charge on any atom is 0.320 e. The van der Waals surface area contributed by atoms with Crippen molar-refractivity contribution in [2.75, 3.05) is 11.9 Å². The average molecular weight is 304 g/mol. The molecule has 2 rings (SSSR count). The van der Waals surface area contributed by atoms with Crippen molar-refractivity contribution in [1.82, 2.24) is 10.6 Å². The van der Waals surface area contributed by atoms with Gasteiger partial charge in [-0.05, 0) is 44.7 Å². The van der Waals surface area contributed by atoms with Crippen molar-refractivity contribution in [3.63, 3.8) is 0 Å². The molecule has 1 aromatic rings. The van der Waals surface area contributed by atoms with E-state index in [4.69, 9.17) is 5.73 Å². The predicted octanol–water partition coefficient (Wildman–Crippen LogP) is 1.44. The van der Waals surface area contributed by atoms with Crippen LogP contribution in [0, 0.1) is 5.92 Å². The Morgan fingerprint density at radius 2 is 1.91 bits per heavy atom. The SMILES string of the molecule is CC(C)(NC(=O)Nc1ccccc1)C(=O)NC(CN)C1CC1. The van der Waals surface area contributed by atoms with Gasteiger partial charge in [-0.3, -0.25) is 4.79 Å². The molecule has 0 aromatic heterocycles. The minimum atomic E-state index is -1.01. The van der Waals surface area contributed by atoms with Crippen LogP contribution in [0.15, 0.2) is 30.3 Å². The van der Waals surface area contributed by atoms with Crippen molar-refractivity contribution in [3.05, 3.63) is 30.3 Å². The van der Waals surface area contributed by atoms with Gasteiger partial charge in [0, 0.05) is 18.3 Å². The number of urea groups is 1. The highest BCUT2D eigenvalue weighted by Gasteiger charge is 2.36. The summed E-state index contributed by atoms with van der Waals surface area (Å²) in [6.07, 6.45) is 2.20. The number of hydrogen-bond donors (Lipinski definition) is 4. The fourth-order valence-corrected chi connectivity index (χ4v) is 2.24. The molecule has 22 heavy (non-hydrogen) atoms. The van der Waals surface area contributed by atoms with Crippen molar-refractivity contribution in [3.8, 4) is 0 Å². The largest absolute Gasteiger partial charge is 0.350 e. The molecule has 0 heterocycles. The summed E-state index contributed by atoms with van der Waals surface area (Å²) in [7, 11) is 0.